The molecule has 0 saturated carbocycles. The van der Waals surface area contributed by atoms with Crippen molar-refractivity contribution in [1.29, 1.82) is 0 Å². The topological polar surface area (TPSA) is 79.5 Å². The Hall–Kier alpha value is -2.47. The predicted octanol–water partition coefficient (Wildman–Crippen LogP) is 2.94. The minimum Gasteiger partial charge on any atom is -0.388 e. The molecule has 0 amide bonds. The van der Waals surface area contributed by atoms with Gasteiger partial charge in [0.2, 0.25) is 0 Å². The highest BCUT2D eigenvalue weighted by Gasteiger charge is 2.26. The summed E-state index contributed by atoms with van der Waals surface area (Å²) >= 11 is 0. The lowest BCUT2D eigenvalue weighted by molar-refractivity contribution is -0.385. The van der Waals surface area contributed by atoms with Crippen LogP contribution in [0.4, 0.5) is 11.5 Å². The van der Waals surface area contributed by atoms with Crippen LogP contribution < -0.4 is 4.90 Å². The highest BCUT2D eigenvalue weighted by atomic mass is 16.6. The van der Waals surface area contributed by atoms with E-state index in [1.54, 1.807) is 6.07 Å². The molecule has 1 N–H and O–H groups in total. The third-order valence-corrected chi connectivity index (χ3v) is 4.39. The van der Waals surface area contributed by atoms with Crippen LogP contribution in [0.15, 0.2) is 48.7 Å². The largest absolute Gasteiger partial charge is 0.388 e. The molecule has 0 radical (unpaired) electrons. The number of rotatable bonds is 4. The normalized spacial score (nSPS) is 17.0. The van der Waals surface area contributed by atoms with Crippen LogP contribution in [0.3, 0.4) is 0 Å². The third-order valence-electron chi connectivity index (χ3n) is 4.39. The lowest BCUT2D eigenvalue weighted by Gasteiger charge is -2.35. The number of hydrogen-bond donors (Lipinski definition) is 1. The SMILES string of the molecule is O=[N+]([O-])c1ccc(N2CCC(C(O)c3ccccc3)CC2)nc1. The van der Waals surface area contributed by atoms with Gasteiger partial charge in [-0.25, -0.2) is 4.98 Å². The van der Waals surface area contributed by atoms with Crippen molar-refractivity contribution < 1.29 is 10.0 Å². The molecule has 0 bridgehead atoms. The molecule has 0 aliphatic carbocycles. The highest BCUT2D eigenvalue weighted by molar-refractivity contribution is 5.43. The number of aliphatic hydroxyl groups is 1. The number of pyridine rings is 1. The van der Waals surface area contributed by atoms with Gasteiger partial charge in [-0.15, -0.1) is 0 Å². The smallest absolute Gasteiger partial charge is 0.287 e. The number of aliphatic hydroxyl groups excluding tert-OH is 1. The van der Waals surface area contributed by atoms with Crippen LogP contribution in [-0.2, 0) is 0 Å². The van der Waals surface area contributed by atoms with Crippen molar-refractivity contribution in [1.82, 2.24) is 4.98 Å². The first kappa shape index (κ1) is 15.4. The third kappa shape index (κ3) is 3.48. The fourth-order valence-electron chi connectivity index (χ4n) is 3.04. The van der Waals surface area contributed by atoms with Gasteiger partial charge in [0.15, 0.2) is 0 Å². The minimum absolute atomic E-state index is 0.00290. The summed E-state index contributed by atoms with van der Waals surface area (Å²) in [5.74, 6) is 0.981. The first-order valence-corrected chi connectivity index (χ1v) is 7.73. The zero-order valence-corrected chi connectivity index (χ0v) is 12.7. The fraction of sp³-hybridized carbons (Fsp3) is 0.353. The molecule has 1 unspecified atom stereocenters. The van der Waals surface area contributed by atoms with E-state index in [9.17, 15) is 15.2 Å². The first-order valence-electron chi connectivity index (χ1n) is 7.73. The van der Waals surface area contributed by atoms with E-state index in [0.29, 0.717) is 0 Å². The maximum absolute atomic E-state index is 10.7. The van der Waals surface area contributed by atoms with Crippen LogP contribution >= 0.6 is 0 Å². The first-order chi connectivity index (χ1) is 11.1. The predicted molar refractivity (Wildman–Crippen MR) is 87.2 cm³/mol. The zero-order chi connectivity index (χ0) is 16.2. The van der Waals surface area contributed by atoms with Gasteiger partial charge in [-0.2, -0.15) is 0 Å². The Morgan fingerprint density at radius 1 is 1.17 bits per heavy atom. The molecule has 0 spiro atoms. The molecule has 2 heterocycles. The molecular formula is C17H19N3O3. The minimum atomic E-state index is -0.445. The summed E-state index contributed by atoms with van der Waals surface area (Å²) in [6.45, 7) is 1.58. The number of piperidine rings is 1. The van der Waals surface area contributed by atoms with E-state index in [1.165, 1.54) is 12.3 Å². The van der Waals surface area contributed by atoms with Crippen LogP contribution in [0.25, 0.3) is 0 Å². The molecule has 1 saturated heterocycles. The maximum atomic E-state index is 10.7. The number of nitrogens with zero attached hydrogens (tertiary/aromatic N) is 3. The molecule has 120 valence electrons. The van der Waals surface area contributed by atoms with Gasteiger partial charge in [0.25, 0.3) is 5.69 Å². The summed E-state index contributed by atoms with van der Waals surface area (Å²) in [6.07, 6.45) is 2.59. The second-order valence-corrected chi connectivity index (χ2v) is 5.81. The zero-order valence-electron chi connectivity index (χ0n) is 12.7. The van der Waals surface area contributed by atoms with Crippen LogP contribution in [0, 0.1) is 16.0 Å². The molecule has 1 fully saturated rings. The number of aromatic nitrogens is 1. The van der Waals surface area contributed by atoms with Crippen LogP contribution in [-0.4, -0.2) is 28.1 Å². The van der Waals surface area contributed by atoms with Crippen molar-refractivity contribution >= 4 is 11.5 Å². The van der Waals surface area contributed by atoms with E-state index in [1.807, 2.05) is 30.3 Å². The Morgan fingerprint density at radius 3 is 2.43 bits per heavy atom. The number of benzene rings is 1. The van der Waals surface area contributed by atoms with Gasteiger partial charge in [-0.1, -0.05) is 30.3 Å². The molecule has 1 atom stereocenters. The van der Waals surface area contributed by atoms with Crippen molar-refractivity contribution in [3.63, 3.8) is 0 Å². The summed E-state index contributed by atoms with van der Waals surface area (Å²) in [5.41, 5.74) is 0.961. The average molecular weight is 313 g/mol. The van der Waals surface area contributed by atoms with Crippen LogP contribution in [0.2, 0.25) is 0 Å². The van der Waals surface area contributed by atoms with E-state index < -0.39 is 11.0 Å². The van der Waals surface area contributed by atoms with Gasteiger partial charge in [-0.05, 0) is 30.4 Å². The number of nitro groups is 1. The molecule has 6 heteroatoms. The van der Waals surface area contributed by atoms with Crippen molar-refractivity contribution in [3.8, 4) is 0 Å². The molecular weight excluding hydrogens is 294 g/mol. The Kier molecular flexibility index (Phi) is 4.52. The lowest BCUT2D eigenvalue weighted by Crippen LogP contribution is -2.36. The van der Waals surface area contributed by atoms with Gasteiger partial charge >= 0.3 is 0 Å². The molecule has 1 aromatic carbocycles. The van der Waals surface area contributed by atoms with Crippen LogP contribution in [0.5, 0.6) is 0 Å². The van der Waals surface area contributed by atoms with Gasteiger partial charge < -0.3 is 10.0 Å². The summed E-state index contributed by atoms with van der Waals surface area (Å²) in [4.78, 5) is 16.5. The van der Waals surface area contributed by atoms with Crippen molar-refractivity contribution in [2.24, 2.45) is 5.92 Å². The Bertz CT molecular complexity index is 653. The number of hydrogen-bond acceptors (Lipinski definition) is 5. The molecule has 1 aliphatic rings. The van der Waals surface area contributed by atoms with E-state index in [4.69, 9.17) is 0 Å². The summed E-state index contributed by atoms with van der Waals surface area (Å²) in [7, 11) is 0. The summed E-state index contributed by atoms with van der Waals surface area (Å²) < 4.78 is 0. The maximum Gasteiger partial charge on any atom is 0.287 e. The average Bonchev–Trinajstić information content (AvgIpc) is 2.62. The number of anilines is 1. The Balaban J connectivity index is 1.61. The molecule has 3 rings (SSSR count). The molecule has 1 aliphatic heterocycles. The molecule has 1 aromatic heterocycles. The standard InChI is InChI=1S/C17H19N3O3/c21-17(13-4-2-1-3-5-13)14-8-10-19(11-9-14)16-7-6-15(12-18-16)20(22)23/h1-7,12,14,17,21H,8-11H2. The second kappa shape index (κ2) is 6.75. The highest BCUT2D eigenvalue weighted by Crippen LogP contribution is 2.32. The second-order valence-electron chi connectivity index (χ2n) is 5.81. The van der Waals surface area contributed by atoms with Crippen molar-refractivity contribution in [3.05, 3.63) is 64.3 Å². The van der Waals surface area contributed by atoms with Gasteiger partial charge in [0.05, 0.1) is 11.0 Å². The monoisotopic (exact) mass is 313 g/mol. The van der Waals surface area contributed by atoms with E-state index in [0.717, 1.165) is 37.3 Å². The van der Waals surface area contributed by atoms with Crippen LogP contribution in [0.1, 0.15) is 24.5 Å². The van der Waals surface area contributed by atoms with Crippen molar-refractivity contribution in [2.75, 3.05) is 18.0 Å². The van der Waals surface area contributed by atoms with Gasteiger partial charge in [0.1, 0.15) is 12.0 Å². The molecule has 6 nitrogen and oxygen atoms in total. The van der Waals surface area contributed by atoms with E-state index in [2.05, 4.69) is 9.88 Å². The van der Waals surface area contributed by atoms with Gasteiger partial charge in [0, 0.05) is 19.2 Å². The van der Waals surface area contributed by atoms with E-state index in [-0.39, 0.29) is 11.6 Å². The van der Waals surface area contributed by atoms with E-state index >= 15 is 0 Å². The van der Waals surface area contributed by atoms with Gasteiger partial charge in [-0.3, -0.25) is 10.1 Å². The molecule has 2 aromatic rings. The van der Waals surface area contributed by atoms with Crippen molar-refractivity contribution in [2.45, 2.75) is 18.9 Å². The Morgan fingerprint density at radius 2 is 1.87 bits per heavy atom. The summed E-state index contributed by atoms with van der Waals surface area (Å²) in [5, 5.41) is 21.2. The Labute approximate surface area is 134 Å². The fourth-order valence-corrected chi connectivity index (χ4v) is 3.04. The lowest BCUT2D eigenvalue weighted by atomic mass is 9.87. The quantitative estimate of drug-likeness (QED) is 0.693. The summed E-state index contributed by atoms with van der Waals surface area (Å²) in [6, 6.07) is 12.9. The molecule has 23 heavy (non-hydrogen) atoms.